The fraction of sp³-hybridized carbons (Fsp3) is 0.500. The minimum atomic E-state index is -3.60. The van der Waals surface area contributed by atoms with Gasteiger partial charge in [0.1, 0.15) is 0 Å². The van der Waals surface area contributed by atoms with Gasteiger partial charge in [-0.25, -0.2) is 13.4 Å². The number of hydrogen-bond acceptors (Lipinski definition) is 5. The van der Waals surface area contributed by atoms with Gasteiger partial charge < -0.3 is 14.8 Å². The van der Waals surface area contributed by atoms with Crippen LogP contribution < -0.4 is 10.2 Å². The molecule has 8 nitrogen and oxygen atoms in total. The van der Waals surface area contributed by atoms with E-state index in [1.54, 1.807) is 10.8 Å². The van der Waals surface area contributed by atoms with E-state index in [9.17, 15) is 13.2 Å². The molecule has 0 atom stereocenters. The molecule has 0 aliphatic carbocycles. The second-order valence-corrected chi connectivity index (χ2v) is 9.38. The van der Waals surface area contributed by atoms with Crippen LogP contribution in [0.4, 0.5) is 5.69 Å². The zero-order valence-corrected chi connectivity index (χ0v) is 18.0. The largest absolute Gasteiger partial charge is 0.378 e. The van der Waals surface area contributed by atoms with Crippen LogP contribution >= 0.6 is 0 Å². The molecule has 2 aromatic rings. The fourth-order valence-corrected chi connectivity index (χ4v) is 4.79. The Morgan fingerprint density at radius 1 is 1.21 bits per heavy atom. The highest BCUT2D eigenvalue weighted by molar-refractivity contribution is 7.89. The second-order valence-electron chi connectivity index (χ2n) is 7.50. The average Bonchev–Trinajstić information content (AvgIpc) is 3.22. The van der Waals surface area contributed by atoms with Crippen LogP contribution in [0, 0.1) is 5.92 Å². The number of amides is 1. The monoisotopic (exact) mass is 419 g/mol. The van der Waals surface area contributed by atoms with Gasteiger partial charge in [-0.05, 0) is 37.5 Å². The number of imidazole rings is 1. The predicted molar refractivity (Wildman–Crippen MR) is 112 cm³/mol. The van der Waals surface area contributed by atoms with Gasteiger partial charge in [0.2, 0.25) is 5.91 Å². The summed E-state index contributed by atoms with van der Waals surface area (Å²) < 4.78 is 28.6. The third kappa shape index (κ3) is 4.97. The Kier molecular flexibility index (Phi) is 6.59. The van der Waals surface area contributed by atoms with E-state index in [4.69, 9.17) is 0 Å². The summed E-state index contributed by atoms with van der Waals surface area (Å²) in [5.41, 5.74) is 2.15. The first-order chi connectivity index (χ1) is 13.8. The summed E-state index contributed by atoms with van der Waals surface area (Å²) in [5.74, 6) is -0.190. The summed E-state index contributed by atoms with van der Waals surface area (Å²) in [5, 5.41) is 3.05. The van der Waals surface area contributed by atoms with Gasteiger partial charge in [0.25, 0.3) is 10.0 Å². The number of nitrogens with one attached hydrogen (secondary N) is 1. The van der Waals surface area contributed by atoms with Crippen molar-refractivity contribution in [2.75, 3.05) is 32.1 Å². The quantitative estimate of drug-likeness (QED) is 0.738. The van der Waals surface area contributed by atoms with Gasteiger partial charge in [-0.15, -0.1) is 0 Å². The minimum absolute atomic E-state index is 0.0194. The number of rotatable bonds is 7. The fourth-order valence-electron chi connectivity index (χ4n) is 3.38. The first-order valence-electron chi connectivity index (χ1n) is 9.87. The van der Waals surface area contributed by atoms with Crippen LogP contribution in [0.25, 0.3) is 0 Å². The number of piperidine rings is 1. The molecular formula is C20H29N5O3S. The van der Waals surface area contributed by atoms with Gasteiger partial charge in [-0.1, -0.05) is 12.1 Å². The molecule has 1 saturated heterocycles. The van der Waals surface area contributed by atoms with Crippen molar-refractivity contribution in [3.8, 4) is 0 Å². The van der Waals surface area contributed by atoms with Crippen molar-refractivity contribution < 1.29 is 13.2 Å². The number of nitrogens with zero attached hydrogens (tertiary/aromatic N) is 4. The van der Waals surface area contributed by atoms with Crippen LogP contribution in [-0.4, -0.2) is 55.4 Å². The van der Waals surface area contributed by atoms with E-state index in [2.05, 4.69) is 10.3 Å². The molecule has 9 heteroatoms. The number of sulfonamides is 1. The molecule has 0 saturated carbocycles. The highest BCUT2D eigenvalue weighted by atomic mass is 32.2. The first kappa shape index (κ1) is 21.3. The Morgan fingerprint density at radius 2 is 1.86 bits per heavy atom. The molecule has 29 heavy (non-hydrogen) atoms. The molecule has 158 valence electrons. The summed E-state index contributed by atoms with van der Waals surface area (Å²) in [7, 11) is 0.369. The van der Waals surface area contributed by atoms with Crippen molar-refractivity contribution in [3.63, 3.8) is 0 Å². The molecule has 1 aromatic heterocycles. The third-order valence-corrected chi connectivity index (χ3v) is 7.11. The molecule has 1 fully saturated rings. The lowest BCUT2D eigenvalue weighted by Gasteiger charge is -2.30. The van der Waals surface area contributed by atoms with E-state index in [1.807, 2.05) is 50.2 Å². The van der Waals surface area contributed by atoms with E-state index in [1.165, 1.54) is 10.6 Å². The van der Waals surface area contributed by atoms with Crippen molar-refractivity contribution >= 4 is 21.6 Å². The van der Waals surface area contributed by atoms with Crippen LogP contribution in [0.2, 0.25) is 0 Å². The zero-order chi connectivity index (χ0) is 21.0. The van der Waals surface area contributed by atoms with Crippen molar-refractivity contribution in [1.29, 1.82) is 0 Å². The SMILES string of the molecule is CCn1cnc(S(=O)(=O)N2CCC(C(=O)NCc3ccc(N(C)C)cc3)CC2)c1. The van der Waals surface area contributed by atoms with Crippen LogP contribution in [0.3, 0.4) is 0 Å². The summed E-state index contributed by atoms with van der Waals surface area (Å²) >= 11 is 0. The number of anilines is 1. The molecule has 3 rings (SSSR count). The van der Waals surface area contributed by atoms with E-state index < -0.39 is 10.0 Å². The average molecular weight is 420 g/mol. The molecule has 0 bridgehead atoms. The summed E-state index contributed by atoms with van der Waals surface area (Å²) in [4.78, 5) is 18.6. The number of benzene rings is 1. The van der Waals surface area contributed by atoms with E-state index in [0.717, 1.165) is 11.3 Å². The van der Waals surface area contributed by atoms with E-state index in [0.29, 0.717) is 39.0 Å². The van der Waals surface area contributed by atoms with E-state index >= 15 is 0 Å². The van der Waals surface area contributed by atoms with Gasteiger partial charge in [0, 0.05) is 58.1 Å². The standard InChI is InChI=1S/C20H29N5O3S/c1-4-24-14-19(22-15-24)29(27,28)25-11-9-17(10-12-25)20(26)21-13-16-5-7-18(8-6-16)23(2)3/h5-8,14-15,17H,4,9-13H2,1-3H3,(H,21,26). The summed E-state index contributed by atoms with van der Waals surface area (Å²) in [6.45, 7) is 3.73. The van der Waals surface area contributed by atoms with E-state index in [-0.39, 0.29) is 16.9 Å². The number of hydrogen-bond donors (Lipinski definition) is 1. The van der Waals surface area contributed by atoms with Crippen LogP contribution in [0.15, 0.2) is 41.8 Å². The Labute approximate surface area is 172 Å². The lowest BCUT2D eigenvalue weighted by atomic mass is 9.97. The summed E-state index contributed by atoms with van der Waals surface area (Å²) in [6, 6.07) is 8.04. The van der Waals surface area contributed by atoms with Crippen molar-refractivity contribution in [2.45, 2.75) is 37.9 Å². The molecular weight excluding hydrogens is 390 g/mol. The van der Waals surface area contributed by atoms with Gasteiger partial charge in [0.15, 0.2) is 5.03 Å². The smallest absolute Gasteiger partial charge is 0.262 e. The van der Waals surface area contributed by atoms with Gasteiger partial charge in [0.05, 0.1) is 6.33 Å². The second kappa shape index (κ2) is 8.96. The molecule has 1 aliphatic rings. The molecule has 2 heterocycles. The maximum atomic E-state index is 12.7. The number of carbonyl (C=O) groups excluding carboxylic acids is 1. The normalized spacial score (nSPS) is 16.0. The third-order valence-electron chi connectivity index (χ3n) is 5.32. The van der Waals surface area contributed by atoms with Crippen LogP contribution in [0.5, 0.6) is 0 Å². The molecule has 1 amide bonds. The lowest BCUT2D eigenvalue weighted by molar-refractivity contribution is -0.126. The molecule has 1 aromatic carbocycles. The maximum Gasteiger partial charge on any atom is 0.262 e. The topological polar surface area (TPSA) is 87.5 Å². The van der Waals surface area contributed by atoms with Gasteiger partial charge in [-0.2, -0.15) is 4.31 Å². The van der Waals surface area contributed by atoms with Gasteiger partial charge in [-0.3, -0.25) is 4.79 Å². The van der Waals surface area contributed by atoms with Crippen LogP contribution in [-0.2, 0) is 27.9 Å². The summed E-state index contributed by atoms with van der Waals surface area (Å²) in [6.07, 6.45) is 4.10. The molecule has 0 radical (unpaired) electrons. The Balaban J connectivity index is 1.51. The van der Waals surface area contributed by atoms with Crippen molar-refractivity contribution in [1.82, 2.24) is 19.2 Å². The zero-order valence-electron chi connectivity index (χ0n) is 17.2. The highest BCUT2D eigenvalue weighted by Crippen LogP contribution is 2.23. The number of carbonyl (C=O) groups is 1. The predicted octanol–water partition coefficient (Wildman–Crippen LogP) is 1.69. The Morgan fingerprint density at radius 3 is 2.41 bits per heavy atom. The first-order valence-corrected chi connectivity index (χ1v) is 11.3. The minimum Gasteiger partial charge on any atom is -0.378 e. The number of aromatic nitrogens is 2. The molecule has 0 spiro atoms. The van der Waals surface area contributed by atoms with Crippen molar-refractivity contribution in [3.05, 3.63) is 42.4 Å². The molecule has 1 aliphatic heterocycles. The maximum absolute atomic E-state index is 12.7. The molecule has 1 N–H and O–H groups in total. The van der Waals surface area contributed by atoms with Crippen molar-refractivity contribution in [2.24, 2.45) is 5.92 Å². The molecule has 0 unspecified atom stereocenters. The Hall–Kier alpha value is -2.39. The number of aryl methyl sites for hydroxylation is 1. The lowest BCUT2D eigenvalue weighted by Crippen LogP contribution is -2.42. The highest BCUT2D eigenvalue weighted by Gasteiger charge is 2.33. The van der Waals surface area contributed by atoms with Crippen LogP contribution in [0.1, 0.15) is 25.3 Å². The Bertz CT molecular complexity index is 929. The van der Waals surface area contributed by atoms with Gasteiger partial charge >= 0.3 is 0 Å².